The summed E-state index contributed by atoms with van der Waals surface area (Å²) >= 11 is 9.30. The molecule has 0 bridgehead atoms. The SMILES string of the molecule is CCNC(Cc1ccc(Br)cc1)Cc1ccc(F)c(Cl)c1. The smallest absolute Gasteiger partial charge is 0.141 e. The van der Waals surface area contributed by atoms with Crippen molar-refractivity contribution in [3.8, 4) is 0 Å². The molecule has 0 spiro atoms. The van der Waals surface area contributed by atoms with Gasteiger partial charge >= 0.3 is 0 Å². The third-order valence-electron chi connectivity index (χ3n) is 3.35. The summed E-state index contributed by atoms with van der Waals surface area (Å²) in [7, 11) is 0. The van der Waals surface area contributed by atoms with Crippen molar-refractivity contribution >= 4 is 27.5 Å². The zero-order valence-electron chi connectivity index (χ0n) is 11.9. The van der Waals surface area contributed by atoms with Gasteiger partial charge in [0.25, 0.3) is 0 Å². The van der Waals surface area contributed by atoms with E-state index in [4.69, 9.17) is 11.6 Å². The second-order valence-corrected chi connectivity index (χ2v) is 6.36. The van der Waals surface area contributed by atoms with Crippen molar-refractivity contribution in [1.29, 1.82) is 0 Å². The largest absolute Gasteiger partial charge is 0.314 e. The molecular weight excluding hydrogens is 353 g/mol. The number of nitrogens with one attached hydrogen (secondary N) is 1. The summed E-state index contributed by atoms with van der Waals surface area (Å²) in [6.45, 7) is 2.99. The van der Waals surface area contributed by atoms with Crippen molar-refractivity contribution in [2.45, 2.75) is 25.8 Å². The van der Waals surface area contributed by atoms with E-state index in [1.807, 2.05) is 12.1 Å². The van der Waals surface area contributed by atoms with Gasteiger partial charge in [0.1, 0.15) is 5.82 Å². The minimum Gasteiger partial charge on any atom is -0.314 e. The van der Waals surface area contributed by atoms with Gasteiger partial charge in [-0.15, -0.1) is 0 Å². The Kier molecular flexibility index (Phi) is 6.22. The van der Waals surface area contributed by atoms with Gasteiger partial charge in [0.15, 0.2) is 0 Å². The van der Waals surface area contributed by atoms with Gasteiger partial charge in [-0.3, -0.25) is 0 Å². The van der Waals surface area contributed by atoms with Gasteiger partial charge < -0.3 is 5.32 Å². The topological polar surface area (TPSA) is 12.0 Å². The van der Waals surface area contributed by atoms with Gasteiger partial charge in [0, 0.05) is 10.5 Å². The predicted octanol–water partition coefficient (Wildman–Crippen LogP) is 5.00. The molecule has 0 saturated carbocycles. The molecule has 1 N–H and O–H groups in total. The molecule has 0 heterocycles. The minimum atomic E-state index is -0.367. The second-order valence-electron chi connectivity index (χ2n) is 5.04. The Morgan fingerprint density at radius 2 is 1.71 bits per heavy atom. The number of hydrogen-bond acceptors (Lipinski definition) is 1. The first-order chi connectivity index (χ1) is 10.1. The molecule has 1 unspecified atom stereocenters. The van der Waals surface area contributed by atoms with Crippen molar-refractivity contribution < 1.29 is 4.39 Å². The normalized spacial score (nSPS) is 12.4. The van der Waals surface area contributed by atoms with Crippen molar-refractivity contribution in [2.24, 2.45) is 0 Å². The van der Waals surface area contributed by atoms with Crippen LogP contribution >= 0.6 is 27.5 Å². The maximum absolute atomic E-state index is 13.2. The molecule has 0 saturated heterocycles. The summed E-state index contributed by atoms with van der Waals surface area (Å²) in [5.41, 5.74) is 2.32. The molecule has 21 heavy (non-hydrogen) atoms. The first kappa shape index (κ1) is 16.5. The summed E-state index contributed by atoms with van der Waals surface area (Å²) in [6, 6.07) is 13.6. The van der Waals surface area contributed by atoms with E-state index in [9.17, 15) is 4.39 Å². The molecule has 1 atom stereocenters. The lowest BCUT2D eigenvalue weighted by Gasteiger charge is -2.18. The van der Waals surface area contributed by atoms with Gasteiger partial charge in [0.2, 0.25) is 0 Å². The van der Waals surface area contributed by atoms with Crippen LogP contribution in [0.3, 0.4) is 0 Å². The van der Waals surface area contributed by atoms with Crippen molar-refractivity contribution in [3.63, 3.8) is 0 Å². The molecule has 2 rings (SSSR count). The maximum atomic E-state index is 13.2. The molecule has 0 aliphatic carbocycles. The van der Waals surface area contributed by atoms with Crippen LogP contribution in [0.5, 0.6) is 0 Å². The van der Waals surface area contributed by atoms with Crippen molar-refractivity contribution in [2.75, 3.05) is 6.54 Å². The fourth-order valence-electron chi connectivity index (χ4n) is 2.36. The van der Waals surface area contributed by atoms with Crippen LogP contribution in [0.25, 0.3) is 0 Å². The molecule has 0 radical (unpaired) electrons. The summed E-state index contributed by atoms with van der Waals surface area (Å²) in [5, 5.41) is 3.67. The van der Waals surface area contributed by atoms with Gasteiger partial charge in [0.05, 0.1) is 5.02 Å². The van der Waals surface area contributed by atoms with Gasteiger partial charge in [-0.2, -0.15) is 0 Å². The Labute approximate surface area is 138 Å². The van der Waals surface area contributed by atoms with E-state index in [0.29, 0.717) is 6.04 Å². The van der Waals surface area contributed by atoms with Crippen LogP contribution in [0.15, 0.2) is 46.9 Å². The lowest BCUT2D eigenvalue weighted by molar-refractivity contribution is 0.521. The fraction of sp³-hybridized carbons (Fsp3) is 0.294. The summed E-state index contributed by atoms with van der Waals surface area (Å²) in [4.78, 5) is 0. The Balaban J connectivity index is 2.07. The van der Waals surface area contributed by atoms with Crippen LogP contribution < -0.4 is 5.32 Å². The van der Waals surface area contributed by atoms with Crippen molar-refractivity contribution in [3.05, 3.63) is 68.9 Å². The van der Waals surface area contributed by atoms with Gasteiger partial charge in [-0.25, -0.2) is 4.39 Å². The molecule has 0 fully saturated rings. The number of likely N-dealkylation sites (N-methyl/N-ethyl adjacent to an activating group) is 1. The lowest BCUT2D eigenvalue weighted by Crippen LogP contribution is -2.33. The summed E-state index contributed by atoms with van der Waals surface area (Å²) < 4.78 is 14.3. The molecule has 0 aromatic heterocycles. The van der Waals surface area contributed by atoms with Crippen LogP contribution in [0.1, 0.15) is 18.1 Å². The fourth-order valence-corrected chi connectivity index (χ4v) is 2.83. The lowest BCUT2D eigenvalue weighted by atomic mass is 9.99. The monoisotopic (exact) mass is 369 g/mol. The van der Waals surface area contributed by atoms with Crippen LogP contribution in [-0.2, 0) is 12.8 Å². The number of hydrogen-bond donors (Lipinski definition) is 1. The third kappa shape index (κ3) is 5.10. The first-order valence-electron chi connectivity index (χ1n) is 7.00. The maximum Gasteiger partial charge on any atom is 0.141 e. The highest BCUT2D eigenvalue weighted by molar-refractivity contribution is 9.10. The van der Waals surface area contributed by atoms with Gasteiger partial charge in [-0.05, 0) is 54.8 Å². The highest BCUT2D eigenvalue weighted by Gasteiger charge is 2.11. The highest BCUT2D eigenvalue weighted by atomic mass is 79.9. The molecule has 2 aromatic carbocycles. The van der Waals surface area contributed by atoms with E-state index in [2.05, 4.69) is 40.3 Å². The predicted molar refractivity (Wildman–Crippen MR) is 90.4 cm³/mol. The molecule has 0 aliphatic heterocycles. The Morgan fingerprint density at radius 1 is 1.10 bits per heavy atom. The van der Waals surface area contributed by atoms with Crippen LogP contribution in [0.4, 0.5) is 4.39 Å². The molecule has 0 aliphatic rings. The molecule has 1 nitrogen and oxygen atoms in total. The average molecular weight is 371 g/mol. The highest BCUT2D eigenvalue weighted by Crippen LogP contribution is 2.18. The zero-order valence-corrected chi connectivity index (χ0v) is 14.2. The molecule has 0 amide bonds. The summed E-state index contributed by atoms with van der Waals surface area (Å²) in [6.07, 6.45) is 1.75. The summed E-state index contributed by atoms with van der Waals surface area (Å²) in [5.74, 6) is -0.367. The Bertz CT molecular complexity index is 586. The minimum absolute atomic E-state index is 0.186. The number of halogens is 3. The zero-order chi connectivity index (χ0) is 15.2. The average Bonchev–Trinajstić information content (AvgIpc) is 2.46. The number of rotatable bonds is 6. The number of benzene rings is 2. The third-order valence-corrected chi connectivity index (χ3v) is 4.17. The van der Waals surface area contributed by atoms with Crippen LogP contribution in [-0.4, -0.2) is 12.6 Å². The van der Waals surface area contributed by atoms with Crippen molar-refractivity contribution in [1.82, 2.24) is 5.32 Å². The molecule has 112 valence electrons. The van der Waals surface area contributed by atoms with E-state index in [0.717, 1.165) is 29.4 Å². The van der Waals surface area contributed by atoms with E-state index in [1.54, 1.807) is 12.1 Å². The Hall–Kier alpha value is -0.900. The van der Waals surface area contributed by atoms with E-state index in [-0.39, 0.29) is 10.8 Å². The molecule has 2 aromatic rings. The second kappa shape index (κ2) is 7.92. The van der Waals surface area contributed by atoms with Crippen LogP contribution in [0.2, 0.25) is 5.02 Å². The van der Waals surface area contributed by atoms with Gasteiger partial charge in [-0.1, -0.05) is 52.7 Å². The van der Waals surface area contributed by atoms with E-state index >= 15 is 0 Å². The quantitative estimate of drug-likeness (QED) is 0.754. The van der Waals surface area contributed by atoms with E-state index in [1.165, 1.54) is 11.6 Å². The molecule has 4 heteroatoms. The van der Waals surface area contributed by atoms with Crippen LogP contribution in [0, 0.1) is 5.82 Å². The standard InChI is InChI=1S/C17H18BrClFN/c1-2-21-15(9-12-3-6-14(18)7-4-12)10-13-5-8-17(20)16(19)11-13/h3-8,11,15,21H,2,9-10H2,1H3. The Morgan fingerprint density at radius 3 is 2.33 bits per heavy atom. The molecular formula is C17H18BrClFN. The first-order valence-corrected chi connectivity index (χ1v) is 8.17. The van der Waals surface area contributed by atoms with E-state index < -0.39 is 0 Å².